The van der Waals surface area contributed by atoms with Crippen LogP contribution in [-0.4, -0.2) is 27.3 Å². The zero-order valence-corrected chi connectivity index (χ0v) is 12.0. The Morgan fingerprint density at radius 3 is 2.21 bits per heavy atom. The van der Waals surface area contributed by atoms with Crippen molar-refractivity contribution in [1.29, 1.82) is 0 Å². The zero-order valence-electron chi connectivity index (χ0n) is 11.2. The van der Waals surface area contributed by atoms with Crippen LogP contribution in [0.1, 0.15) is 58.3 Å². The Balaban J connectivity index is 3.39. The molecule has 0 saturated carbocycles. The monoisotopic (exact) mass is 293 g/mol. The van der Waals surface area contributed by atoms with E-state index in [9.17, 15) is 18.4 Å². The molecule has 0 bridgehead atoms. The number of ether oxygens (including phenoxy) is 1. The van der Waals surface area contributed by atoms with Gasteiger partial charge in [-0.05, 0) is 6.42 Å². The number of esters is 1. The fraction of sp³-hybridized carbons (Fsp3) is 0.833. The van der Waals surface area contributed by atoms with E-state index in [0.717, 1.165) is 19.3 Å². The van der Waals surface area contributed by atoms with Crippen LogP contribution in [0.4, 0.5) is 0 Å². The number of carbonyl (C=O) groups is 2. The largest absolute Gasteiger partial charge is 0.740 e. The Morgan fingerprint density at radius 2 is 1.58 bits per heavy atom. The number of hydrogen-bond acceptors (Lipinski definition) is 6. The Hall–Kier alpha value is -0.950. The van der Waals surface area contributed by atoms with Crippen LogP contribution in [0.3, 0.4) is 0 Å². The van der Waals surface area contributed by atoms with E-state index in [0.29, 0.717) is 6.61 Å². The summed E-state index contributed by atoms with van der Waals surface area (Å²) in [5.41, 5.74) is 0. The van der Waals surface area contributed by atoms with Gasteiger partial charge in [0.15, 0.2) is 0 Å². The molecule has 0 aliphatic rings. The van der Waals surface area contributed by atoms with Crippen LogP contribution < -0.4 is 0 Å². The zero-order chi connectivity index (χ0) is 14.5. The van der Waals surface area contributed by atoms with Gasteiger partial charge in [0.25, 0.3) is 0 Å². The van der Waals surface area contributed by atoms with Gasteiger partial charge in [0.2, 0.25) is 0 Å². The minimum Gasteiger partial charge on any atom is -0.740 e. The topological polar surface area (TPSA) is 92.7 Å². The van der Waals surface area contributed by atoms with E-state index >= 15 is 0 Å². The van der Waals surface area contributed by atoms with Crippen molar-refractivity contribution in [3.63, 3.8) is 0 Å². The first-order valence-electron chi connectivity index (χ1n) is 6.52. The summed E-state index contributed by atoms with van der Waals surface area (Å²) in [6.45, 7) is 2.49. The SMILES string of the molecule is CCCCCCCCOC(=O)CCC(=O)OS(=O)[O-]. The van der Waals surface area contributed by atoms with Crippen LogP contribution in [0.25, 0.3) is 0 Å². The van der Waals surface area contributed by atoms with E-state index in [1.807, 2.05) is 0 Å². The number of hydrogen-bond donors (Lipinski definition) is 0. The summed E-state index contributed by atoms with van der Waals surface area (Å²) in [5, 5.41) is 0. The van der Waals surface area contributed by atoms with E-state index in [2.05, 4.69) is 11.1 Å². The molecule has 1 atom stereocenters. The van der Waals surface area contributed by atoms with Gasteiger partial charge in [0, 0.05) is 0 Å². The van der Waals surface area contributed by atoms with Gasteiger partial charge in [-0.2, -0.15) is 0 Å². The molecule has 0 rings (SSSR count). The summed E-state index contributed by atoms with van der Waals surface area (Å²) in [7, 11) is 0. The molecule has 0 fully saturated rings. The summed E-state index contributed by atoms with van der Waals surface area (Å²) < 4.78 is 28.8. The van der Waals surface area contributed by atoms with Gasteiger partial charge < -0.3 is 13.5 Å². The van der Waals surface area contributed by atoms with Crippen LogP contribution in [0.5, 0.6) is 0 Å². The molecule has 112 valence electrons. The summed E-state index contributed by atoms with van der Waals surface area (Å²) in [6, 6.07) is 0. The molecule has 0 aliphatic carbocycles. The van der Waals surface area contributed by atoms with Crippen LogP contribution >= 0.6 is 0 Å². The van der Waals surface area contributed by atoms with Crippen LogP contribution in [0.15, 0.2) is 0 Å². The smallest absolute Gasteiger partial charge is 0.319 e. The van der Waals surface area contributed by atoms with Gasteiger partial charge in [0.1, 0.15) is 11.4 Å². The average molecular weight is 293 g/mol. The summed E-state index contributed by atoms with van der Waals surface area (Å²) in [6.07, 6.45) is 6.13. The predicted octanol–water partition coefficient (Wildman–Crippen LogP) is 2.01. The molecular formula is C12H21O6S-. The van der Waals surface area contributed by atoms with Crippen molar-refractivity contribution in [3.05, 3.63) is 0 Å². The van der Waals surface area contributed by atoms with Crippen molar-refractivity contribution in [2.24, 2.45) is 0 Å². The molecule has 0 radical (unpaired) electrons. The third-order valence-corrected chi connectivity index (χ3v) is 2.78. The van der Waals surface area contributed by atoms with Crippen molar-refractivity contribution < 1.29 is 27.3 Å². The Labute approximate surface area is 116 Å². The highest BCUT2D eigenvalue weighted by atomic mass is 32.2. The molecule has 7 heteroatoms. The van der Waals surface area contributed by atoms with Crippen LogP contribution in [0, 0.1) is 0 Å². The number of unbranched alkanes of at least 4 members (excludes halogenated alkanes) is 5. The molecular weight excluding hydrogens is 272 g/mol. The maximum atomic E-state index is 11.2. The molecule has 0 saturated heterocycles. The second-order valence-electron chi connectivity index (χ2n) is 4.15. The molecule has 0 N–H and O–H groups in total. The first-order valence-corrected chi connectivity index (χ1v) is 7.52. The minimum absolute atomic E-state index is 0.161. The predicted molar refractivity (Wildman–Crippen MR) is 68.6 cm³/mol. The van der Waals surface area contributed by atoms with Gasteiger partial charge in [-0.3, -0.25) is 9.59 Å². The summed E-state index contributed by atoms with van der Waals surface area (Å²) >= 11 is -2.87. The summed E-state index contributed by atoms with van der Waals surface area (Å²) in [5.74, 6) is -1.47. The van der Waals surface area contributed by atoms with E-state index in [4.69, 9.17) is 4.74 Å². The van der Waals surface area contributed by atoms with Gasteiger partial charge >= 0.3 is 11.9 Å². The van der Waals surface area contributed by atoms with Crippen molar-refractivity contribution >= 4 is 23.3 Å². The second-order valence-corrected chi connectivity index (χ2v) is 4.72. The lowest BCUT2D eigenvalue weighted by Gasteiger charge is -2.06. The lowest BCUT2D eigenvalue weighted by atomic mass is 10.1. The third-order valence-electron chi connectivity index (χ3n) is 2.46. The fourth-order valence-electron chi connectivity index (χ4n) is 1.46. The molecule has 0 amide bonds. The Kier molecular flexibility index (Phi) is 11.5. The highest BCUT2D eigenvalue weighted by Crippen LogP contribution is 2.05. The minimum atomic E-state index is -2.87. The molecule has 0 aromatic heterocycles. The van der Waals surface area contributed by atoms with Gasteiger partial charge in [-0.1, -0.05) is 39.0 Å². The highest BCUT2D eigenvalue weighted by molar-refractivity contribution is 7.74. The summed E-state index contributed by atoms with van der Waals surface area (Å²) in [4.78, 5) is 22.0. The number of rotatable bonds is 11. The maximum Gasteiger partial charge on any atom is 0.319 e. The lowest BCUT2D eigenvalue weighted by Crippen LogP contribution is -2.11. The molecule has 0 spiro atoms. The molecule has 19 heavy (non-hydrogen) atoms. The molecule has 6 nitrogen and oxygen atoms in total. The first kappa shape index (κ1) is 18.0. The quantitative estimate of drug-likeness (QED) is 0.328. The average Bonchev–Trinajstić information content (AvgIpc) is 2.34. The normalized spacial score (nSPS) is 11.9. The van der Waals surface area contributed by atoms with E-state index < -0.39 is 23.3 Å². The van der Waals surface area contributed by atoms with Crippen LogP contribution in [0.2, 0.25) is 0 Å². The van der Waals surface area contributed by atoms with Crippen molar-refractivity contribution in [2.75, 3.05) is 6.61 Å². The van der Waals surface area contributed by atoms with E-state index in [1.165, 1.54) is 19.3 Å². The van der Waals surface area contributed by atoms with Crippen molar-refractivity contribution in [2.45, 2.75) is 58.3 Å². The third kappa shape index (κ3) is 13.3. The highest BCUT2D eigenvalue weighted by Gasteiger charge is 2.09. The van der Waals surface area contributed by atoms with Gasteiger partial charge in [-0.15, -0.1) is 0 Å². The fourth-order valence-corrected chi connectivity index (χ4v) is 1.70. The Morgan fingerprint density at radius 1 is 1.00 bits per heavy atom. The molecule has 0 aliphatic heterocycles. The number of carbonyl (C=O) groups excluding carboxylic acids is 2. The first-order chi connectivity index (χ1) is 9.06. The molecule has 0 aromatic carbocycles. The second kappa shape index (κ2) is 12.1. The molecule has 0 heterocycles. The standard InChI is InChI=1S/C12H22O6S/c1-2-3-4-5-6-7-10-17-11(13)8-9-12(14)18-19(15)16/h2-10H2,1H3,(H,15,16)/p-1. The van der Waals surface area contributed by atoms with Crippen molar-refractivity contribution in [1.82, 2.24) is 0 Å². The lowest BCUT2D eigenvalue weighted by molar-refractivity contribution is -0.147. The maximum absolute atomic E-state index is 11.2. The van der Waals surface area contributed by atoms with Gasteiger partial charge in [-0.25, -0.2) is 4.21 Å². The molecule has 0 aromatic rings. The van der Waals surface area contributed by atoms with E-state index in [1.54, 1.807) is 0 Å². The van der Waals surface area contributed by atoms with Crippen molar-refractivity contribution in [3.8, 4) is 0 Å². The van der Waals surface area contributed by atoms with Gasteiger partial charge in [0.05, 0.1) is 19.4 Å². The Bertz CT molecular complexity index is 292. The van der Waals surface area contributed by atoms with E-state index in [-0.39, 0.29) is 12.8 Å². The molecule has 1 unspecified atom stereocenters. The van der Waals surface area contributed by atoms with Crippen LogP contribution in [-0.2, 0) is 29.9 Å².